The summed E-state index contributed by atoms with van der Waals surface area (Å²) in [5.74, 6) is 8.18. The predicted octanol–water partition coefficient (Wildman–Crippen LogP) is 11.1. The van der Waals surface area contributed by atoms with Gasteiger partial charge in [0.15, 0.2) is 0 Å². The molecule has 0 saturated heterocycles. The molecule has 0 fully saturated rings. The smallest absolute Gasteiger partial charge is 0.123 e. The van der Waals surface area contributed by atoms with Gasteiger partial charge in [0.05, 0.1) is 22.4 Å². The zero-order valence-electron chi connectivity index (χ0n) is 29.4. The second kappa shape index (κ2) is 14.5. The number of aromatic nitrogens is 3. The van der Waals surface area contributed by atoms with E-state index in [9.17, 15) is 0 Å². The number of benzene rings is 5. The molecule has 0 aliphatic heterocycles. The van der Waals surface area contributed by atoms with Crippen molar-refractivity contribution in [2.75, 3.05) is 0 Å². The number of fused-ring (bicyclic) bond motifs is 4. The minimum Gasteiger partial charge on any atom is -0.476 e. The molecule has 5 aromatic carbocycles. The standard InChI is InChI=1S/C25H15N2O.C19H26GeN.Ir/c1-2-8-18(9-3-1)27-22-12-6-5-11-21(22)26-25(27)17-14-15-20-19-10-4-7-13-23(19)28-24(20)16-17;1-19(2,3)13-16-12-18(15-10-8-7-9-11-15)21-14-17(16)20(4,5)6;/h1-13,15-16H;7-10,12,14H,13H2,1-6H3;/q2*-1;. The Bertz CT molecular complexity index is 2380. The van der Waals surface area contributed by atoms with Crippen LogP contribution in [0.5, 0.6) is 0 Å². The molecule has 4 nitrogen and oxygen atoms in total. The maximum Gasteiger partial charge on any atom is 0.123 e. The van der Waals surface area contributed by atoms with E-state index < -0.39 is 13.3 Å². The van der Waals surface area contributed by atoms with E-state index in [0.29, 0.717) is 5.41 Å². The summed E-state index contributed by atoms with van der Waals surface area (Å²) in [4.78, 5) is 9.63. The SMILES string of the molecule is CC(C)(C)Cc1cc(-c2[c-]cccc2)nc[c]1[Ge]([CH3])([CH3])[CH3].[Ir].[c-]1cc2c(cc1-c1nc3ccccc3n1-c1ccccc1)oc1ccccc12. The van der Waals surface area contributed by atoms with E-state index in [-0.39, 0.29) is 20.1 Å². The summed E-state index contributed by atoms with van der Waals surface area (Å²) < 4.78 is 9.79. The fourth-order valence-corrected chi connectivity index (χ4v) is 9.73. The van der Waals surface area contributed by atoms with E-state index >= 15 is 0 Å². The Kier molecular flexibility index (Phi) is 10.3. The van der Waals surface area contributed by atoms with Gasteiger partial charge >= 0.3 is 132 Å². The van der Waals surface area contributed by atoms with Crippen LogP contribution in [0.25, 0.3) is 61.3 Å². The van der Waals surface area contributed by atoms with Crippen molar-refractivity contribution in [1.82, 2.24) is 14.5 Å². The van der Waals surface area contributed by atoms with Crippen LogP contribution in [0.15, 0.2) is 132 Å². The summed E-state index contributed by atoms with van der Waals surface area (Å²) in [5.41, 5.74) is 9.66. The van der Waals surface area contributed by atoms with Gasteiger partial charge in [0.25, 0.3) is 0 Å². The van der Waals surface area contributed by atoms with Crippen molar-refractivity contribution in [2.45, 2.75) is 44.5 Å². The molecule has 3 aromatic heterocycles. The zero-order chi connectivity index (χ0) is 34.2. The predicted molar refractivity (Wildman–Crippen MR) is 207 cm³/mol. The first-order valence-electron chi connectivity index (χ1n) is 16.9. The molecule has 6 heteroatoms. The molecule has 0 aliphatic rings. The van der Waals surface area contributed by atoms with Crippen molar-refractivity contribution < 1.29 is 24.5 Å². The third kappa shape index (κ3) is 7.56. The minimum atomic E-state index is -1.90. The summed E-state index contributed by atoms with van der Waals surface area (Å²) >= 11 is -1.90. The van der Waals surface area contributed by atoms with Crippen molar-refractivity contribution in [3.8, 4) is 28.3 Å². The maximum absolute atomic E-state index is 6.08. The van der Waals surface area contributed by atoms with Crippen LogP contribution >= 0.6 is 0 Å². The Hall–Kier alpha value is -4.29. The van der Waals surface area contributed by atoms with Crippen LogP contribution < -0.4 is 4.40 Å². The molecular weight excluding hydrogens is 851 g/mol. The van der Waals surface area contributed by atoms with Crippen molar-refractivity contribution in [2.24, 2.45) is 5.41 Å². The molecule has 0 N–H and O–H groups in total. The number of imidazole rings is 1. The molecule has 0 saturated carbocycles. The summed E-state index contributed by atoms with van der Waals surface area (Å²) in [6.45, 7) is 6.92. The Balaban J connectivity index is 0.000000177. The molecule has 8 rings (SSSR count). The van der Waals surface area contributed by atoms with Gasteiger partial charge in [-0.2, -0.15) is 0 Å². The van der Waals surface area contributed by atoms with Gasteiger partial charge in [-0.05, 0) is 35.7 Å². The Morgan fingerprint density at radius 1 is 0.740 bits per heavy atom. The van der Waals surface area contributed by atoms with Gasteiger partial charge in [0.2, 0.25) is 0 Å². The number of nitrogens with zero attached hydrogens (tertiary/aromatic N) is 3. The van der Waals surface area contributed by atoms with E-state index in [4.69, 9.17) is 14.4 Å². The molecule has 3 heterocycles. The van der Waals surface area contributed by atoms with E-state index in [0.717, 1.165) is 67.7 Å². The maximum atomic E-state index is 6.08. The number of rotatable bonds is 5. The van der Waals surface area contributed by atoms with Crippen LogP contribution in [0.3, 0.4) is 0 Å². The topological polar surface area (TPSA) is 43.9 Å². The van der Waals surface area contributed by atoms with Crippen LogP contribution in [0.2, 0.25) is 17.3 Å². The third-order valence-corrected chi connectivity index (χ3v) is 13.0. The van der Waals surface area contributed by atoms with Gasteiger partial charge < -0.3 is 8.98 Å². The van der Waals surface area contributed by atoms with Crippen LogP contribution in [0, 0.1) is 17.5 Å². The van der Waals surface area contributed by atoms with E-state index in [1.165, 1.54) is 9.96 Å². The fraction of sp³-hybridized carbons (Fsp3) is 0.182. The van der Waals surface area contributed by atoms with Crippen molar-refractivity contribution in [1.29, 1.82) is 0 Å². The summed E-state index contributed by atoms with van der Waals surface area (Å²) in [5, 5.41) is 2.18. The summed E-state index contributed by atoms with van der Waals surface area (Å²) in [6, 6.07) is 47.7. The molecule has 0 atom stereocenters. The van der Waals surface area contributed by atoms with Crippen LogP contribution in [-0.4, -0.2) is 27.8 Å². The summed E-state index contributed by atoms with van der Waals surface area (Å²) in [7, 11) is 0. The number of furan rings is 1. The van der Waals surface area contributed by atoms with Crippen molar-refractivity contribution >= 4 is 50.6 Å². The fourth-order valence-electron chi connectivity index (χ4n) is 6.43. The molecule has 1 radical (unpaired) electrons. The second-order valence-electron chi connectivity index (χ2n) is 14.8. The number of pyridine rings is 1. The van der Waals surface area contributed by atoms with Gasteiger partial charge in [-0.1, -0.05) is 60.0 Å². The van der Waals surface area contributed by atoms with Crippen molar-refractivity contribution in [3.63, 3.8) is 0 Å². The Morgan fingerprint density at radius 3 is 2.20 bits per heavy atom. The first kappa shape index (κ1) is 35.5. The van der Waals surface area contributed by atoms with Crippen molar-refractivity contribution in [3.05, 3.63) is 145 Å². The van der Waals surface area contributed by atoms with E-state index in [1.54, 1.807) is 0 Å². The van der Waals surface area contributed by atoms with Gasteiger partial charge in [0, 0.05) is 25.8 Å². The Labute approximate surface area is 311 Å². The van der Waals surface area contributed by atoms with Gasteiger partial charge in [0.1, 0.15) is 5.58 Å². The molecule has 50 heavy (non-hydrogen) atoms. The van der Waals surface area contributed by atoms with Gasteiger partial charge in [-0.15, -0.1) is 17.7 Å². The molecule has 0 spiro atoms. The first-order chi connectivity index (χ1) is 23.5. The van der Waals surface area contributed by atoms with Gasteiger partial charge in [-0.25, -0.2) is 0 Å². The molecule has 0 bridgehead atoms. The number of hydrogen-bond donors (Lipinski definition) is 0. The minimum absolute atomic E-state index is 0. The molecule has 253 valence electrons. The number of para-hydroxylation sites is 4. The average molecular weight is 893 g/mol. The van der Waals surface area contributed by atoms with Crippen LogP contribution in [-0.2, 0) is 26.5 Å². The zero-order valence-corrected chi connectivity index (χ0v) is 33.9. The average Bonchev–Trinajstić information content (AvgIpc) is 3.66. The molecule has 0 aliphatic carbocycles. The molecule has 0 unspecified atom stereocenters. The van der Waals surface area contributed by atoms with Crippen LogP contribution in [0.1, 0.15) is 26.3 Å². The number of hydrogen-bond acceptors (Lipinski definition) is 3. The summed E-state index contributed by atoms with van der Waals surface area (Å²) in [6.07, 6.45) is 3.24. The molecule has 0 amide bonds. The third-order valence-electron chi connectivity index (χ3n) is 8.63. The Morgan fingerprint density at radius 2 is 1.46 bits per heavy atom. The monoisotopic (exact) mass is 894 g/mol. The largest absolute Gasteiger partial charge is 0.476 e. The first-order valence-corrected chi connectivity index (χ1v) is 24.2. The molecule has 8 aromatic rings. The molecular formula is C44H41GeIrN3O-2. The van der Waals surface area contributed by atoms with E-state index in [2.05, 4.69) is 97.3 Å². The normalized spacial score (nSPS) is 11.7. The van der Waals surface area contributed by atoms with Gasteiger partial charge in [-0.3, -0.25) is 4.98 Å². The van der Waals surface area contributed by atoms with Crippen LogP contribution in [0.4, 0.5) is 0 Å². The van der Waals surface area contributed by atoms with E-state index in [1.807, 2.05) is 84.9 Å². The quantitative estimate of drug-likeness (QED) is 0.128. The second-order valence-corrected chi connectivity index (χ2v) is 25.4.